The van der Waals surface area contributed by atoms with Crippen LogP contribution in [-0.2, 0) is 21.4 Å². The molecule has 1 spiro atoms. The molecule has 1 saturated carbocycles. The van der Waals surface area contributed by atoms with Crippen molar-refractivity contribution < 1.29 is 14.7 Å². The van der Waals surface area contributed by atoms with Gasteiger partial charge in [0.2, 0.25) is 5.91 Å². The van der Waals surface area contributed by atoms with Crippen molar-refractivity contribution in [3.05, 3.63) is 35.4 Å². The molecule has 1 fully saturated rings. The predicted octanol–water partition coefficient (Wildman–Crippen LogP) is 2.65. The molecule has 2 aliphatic rings. The molecular formula is C18H23NO3. The third-order valence-corrected chi connectivity index (χ3v) is 5.59. The van der Waals surface area contributed by atoms with Gasteiger partial charge in [0.25, 0.3) is 0 Å². The van der Waals surface area contributed by atoms with Gasteiger partial charge in [0.15, 0.2) is 0 Å². The Kier molecular flexibility index (Phi) is 3.50. The number of hydrogen-bond acceptors (Lipinski definition) is 2. The van der Waals surface area contributed by atoms with Crippen LogP contribution in [0.15, 0.2) is 24.3 Å². The van der Waals surface area contributed by atoms with Crippen molar-refractivity contribution in [2.24, 2.45) is 5.92 Å². The standard InChI is InChI=1S/C18H23NO3/c1-3-17(2,16(21)22)19-15(20)14-11-18(14)10-6-8-12-7-4-5-9-13(12)18/h4-5,7,9,14H,3,6,8,10-11H2,1-2H3,(H,19,20)(H,21,22). The van der Waals surface area contributed by atoms with Crippen LogP contribution in [0.2, 0.25) is 0 Å². The summed E-state index contributed by atoms with van der Waals surface area (Å²) in [5, 5.41) is 12.1. The molecule has 2 aliphatic carbocycles. The Morgan fingerprint density at radius 2 is 2.14 bits per heavy atom. The van der Waals surface area contributed by atoms with Gasteiger partial charge in [0, 0.05) is 11.3 Å². The first-order valence-electron chi connectivity index (χ1n) is 8.07. The highest BCUT2D eigenvalue weighted by atomic mass is 16.4. The SMILES string of the molecule is CCC(C)(NC(=O)C1CC12CCCc1ccccc12)C(=O)O. The fraction of sp³-hybridized carbons (Fsp3) is 0.556. The summed E-state index contributed by atoms with van der Waals surface area (Å²) in [7, 11) is 0. The maximum absolute atomic E-state index is 12.6. The Labute approximate surface area is 130 Å². The maximum Gasteiger partial charge on any atom is 0.329 e. The van der Waals surface area contributed by atoms with E-state index in [1.54, 1.807) is 13.8 Å². The van der Waals surface area contributed by atoms with Crippen molar-refractivity contribution in [1.29, 1.82) is 0 Å². The van der Waals surface area contributed by atoms with Gasteiger partial charge in [-0.05, 0) is 50.2 Å². The molecule has 0 aromatic heterocycles. The smallest absolute Gasteiger partial charge is 0.329 e. The molecule has 0 bridgehead atoms. The summed E-state index contributed by atoms with van der Waals surface area (Å²) in [6.07, 6.45) is 4.43. The third kappa shape index (κ3) is 2.21. The van der Waals surface area contributed by atoms with Gasteiger partial charge >= 0.3 is 5.97 Å². The van der Waals surface area contributed by atoms with Crippen molar-refractivity contribution in [2.75, 3.05) is 0 Å². The van der Waals surface area contributed by atoms with E-state index >= 15 is 0 Å². The number of amides is 1. The van der Waals surface area contributed by atoms with E-state index in [0.29, 0.717) is 6.42 Å². The first kappa shape index (κ1) is 15.1. The Morgan fingerprint density at radius 3 is 2.82 bits per heavy atom. The summed E-state index contributed by atoms with van der Waals surface area (Å²) >= 11 is 0. The minimum absolute atomic E-state index is 0.0495. The Bertz CT molecular complexity index is 627. The molecule has 1 aromatic carbocycles. The molecular weight excluding hydrogens is 278 g/mol. The highest BCUT2D eigenvalue weighted by Crippen LogP contribution is 2.60. The zero-order chi connectivity index (χ0) is 16.0. The van der Waals surface area contributed by atoms with Gasteiger partial charge in [0.1, 0.15) is 5.54 Å². The van der Waals surface area contributed by atoms with E-state index in [2.05, 4.69) is 17.4 Å². The van der Waals surface area contributed by atoms with Gasteiger partial charge in [0.05, 0.1) is 0 Å². The number of aryl methyl sites for hydroxylation is 1. The van der Waals surface area contributed by atoms with E-state index in [1.165, 1.54) is 11.1 Å². The highest BCUT2D eigenvalue weighted by Gasteiger charge is 2.60. The van der Waals surface area contributed by atoms with Crippen LogP contribution in [0.25, 0.3) is 0 Å². The average Bonchev–Trinajstić information content (AvgIpc) is 3.22. The largest absolute Gasteiger partial charge is 0.480 e. The van der Waals surface area contributed by atoms with Crippen LogP contribution in [0, 0.1) is 5.92 Å². The van der Waals surface area contributed by atoms with E-state index in [4.69, 9.17) is 0 Å². The van der Waals surface area contributed by atoms with Crippen molar-refractivity contribution in [3.8, 4) is 0 Å². The summed E-state index contributed by atoms with van der Waals surface area (Å²) in [6, 6.07) is 8.37. The molecule has 118 valence electrons. The number of hydrogen-bond donors (Lipinski definition) is 2. The minimum Gasteiger partial charge on any atom is -0.480 e. The molecule has 0 radical (unpaired) electrons. The second-order valence-corrected chi connectivity index (χ2v) is 6.90. The lowest BCUT2D eigenvalue weighted by atomic mass is 9.78. The van der Waals surface area contributed by atoms with E-state index in [1.807, 2.05) is 12.1 Å². The molecule has 2 N–H and O–H groups in total. The lowest BCUT2D eigenvalue weighted by Gasteiger charge is -2.28. The number of carbonyl (C=O) groups is 2. The molecule has 3 unspecified atom stereocenters. The average molecular weight is 301 g/mol. The van der Waals surface area contributed by atoms with Crippen LogP contribution in [0.1, 0.15) is 50.7 Å². The summed E-state index contributed by atoms with van der Waals surface area (Å²) in [4.78, 5) is 24.0. The topological polar surface area (TPSA) is 66.4 Å². The van der Waals surface area contributed by atoms with Crippen LogP contribution in [0.3, 0.4) is 0 Å². The maximum atomic E-state index is 12.6. The first-order chi connectivity index (χ1) is 10.4. The Morgan fingerprint density at radius 1 is 1.41 bits per heavy atom. The number of rotatable bonds is 4. The summed E-state index contributed by atoms with van der Waals surface area (Å²) < 4.78 is 0. The Balaban J connectivity index is 1.80. The number of nitrogens with one attached hydrogen (secondary N) is 1. The van der Waals surface area contributed by atoms with Crippen molar-refractivity contribution in [2.45, 2.75) is 56.9 Å². The van der Waals surface area contributed by atoms with Gasteiger partial charge in [-0.1, -0.05) is 31.2 Å². The molecule has 22 heavy (non-hydrogen) atoms. The number of benzene rings is 1. The molecule has 0 saturated heterocycles. The lowest BCUT2D eigenvalue weighted by molar-refractivity contribution is -0.147. The molecule has 4 nitrogen and oxygen atoms in total. The fourth-order valence-corrected chi connectivity index (χ4v) is 3.83. The lowest BCUT2D eigenvalue weighted by Crippen LogP contribution is -2.52. The number of carbonyl (C=O) groups excluding carboxylic acids is 1. The van der Waals surface area contributed by atoms with Crippen molar-refractivity contribution >= 4 is 11.9 Å². The number of carboxylic acids is 1. The Hall–Kier alpha value is -1.84. The van der Waals surface area contributed by atoms with Gasteiger partial charge in [-0.3, -0.25) is 4.79 Å². The molecule has 0 aliphatic heterocycles. The van der Waals surface area contributed by atoms with Crippen LogP contribution in [0.4, 0.5) is 0 Å². The minimum atomic E-state index is -1.17. The second kappa shape index (κ2) is 5.11. The van der Waals surface area contributed by atoms with Gasteiger partial charge < -0.3 is 10.4 Å². The number of fused-ring (bicyclic) bond motifs is 2. The summed E-state index contributed by atoms with van der Waals surface area (Å²) in [5.41, 5.74) is 1.43. The summed E-state index contributed by atoms with van der Waals surface area (Å²) in [6.45, 7) is 3.37. The third-order valence-electron chi connectivity index (χ3n) is 5.59. The predicted molar refractivity (Wildman–Crippen MR) is 83.6 cm³/mol. The summed E-state index contributed by atoms with van der Waals surface area (Å²) in [5.74, 6) is -1.16. The molecule has 1 aromatic rings. The quantitative estimate of drug-likeness (QED) is 0.898. The second-order valence-electron chi connectivity index (χ2n) is 6.90. The normalized spacial score (nSPS) is 28.5. The van der Waals surface area contributed by atoms with Gasteiger partial charge in [-0.25, -0.2) is 4.79 Å². The van der Waals surface area contributed by atoms with E-state index < -0.39 is 11.5 Å². The first-order valence-corrected chi connectivity index (χ1v) is 8.07. The fourth-order valence-electron chi connectivity index (χ4n) is 3.83. The van der Waals surface area contributed by atoms with E-state index in [-0.39, 0.29) is 17.2 Å². The number of aliphatic carboxylic acids is 1. The highest BCUT2D eigenvalue weighted by molar-refractivity contribution is 5.90. The zero-order valence-corrected chi connectivity index (χ0v) is 13.2. The van der Waals surface area contributed by atoms with Crippen LogP contribution in [-0.4, -0.2) is 22.5 Å². The van der Waals surface area contributed by atoms with Crippen LogP contribution < -0.4 is 5.32 Å². The van der Waals surface area contributed by atoms with Gasteiger partial charge in [-0.15, -0.1) is 0 Å². The van der Waals surface area contributed by atoms with Gasteiger partial charge in [-0.2, -0.15) is 0 Å². The van der Waals surface area contributed by atoms with E-state index in [9.17, 15) is 14.7 Å². The molecule has 3 rings (SSSR count). The molecule has 3 atom stereocenters. The zero-order valence-electron chi connectivity index (χ0n) is 13.2. The van der Waals surface area contributed by atoms with E-state index in [0.717, 1.165) is 25.7 Å². The molecule has 0 heterocycles. The van der Waals surface area contributed by atoms with Crippen LogP contribution in [0.5, 0.6) is 0 Å². The number of carboxylic acid groups (broad SMARTS) is 1. The van der Waals surface area contributed by atoms with Crippen molar-refractivity contribution in [1.82, 2.24) is 5.32 Å². The van der Waals surface area contributed by atoms with Crippen LogP contribution >= 0.6 is 0 Å². The monoisotopic (exact) mass is 301 g/mol. The van der Waals surface area contributed by atoms with Crippen molar-refractivity contribution in [3.63, 3.8) is 0 Å². The molecule has 4 heteroatoms. The molecule has 1 amide bonds.